The zero-order valence-corrected chi connectivity index (χ0v) is 11.5. The van der Waals surface area contributed by atoms with E-state index < -0.39 is 5.54 Å². The summed E-state index contributed by atoms with van der Waals surface area (Å²) >= 11 is 0. The first kappa shape index (κ1) is 13.1. The minimum Gasteiger partial charge on any atom is -0.311 e. The van der Waals surface area contributed by atoms with Gasteiger partial charge in [0.1, 0.15) is 0 Å². The Balaban J connectivity index is 2.26. The van der Waals surface area contributed by atoms with Crippen LogP contribution in [-0.2, 0) is 11.2 Å². The van der Waals surface area contributed by atoms with Crippen LogP contribution in [0, 0.1) is 0 Å². The molecule has 1 saturated heterocycles. The fraction of sp³-hybridized carbons (Fsp3) is 0.533. The van der Waals surface area contributed by atoms with Crippen LogP contribution in [0.4, 0.5) is 5.69 Å². The lowest BCUT2D eigenvalue weighted by Crippen LogP contribution is -2.51. The molecule has 2 rings (SSSR count). The van der Waals surface area contributed by atoms with Crippen molar-refractivity contribution in [2.24, 2.45) is 0 Å². The van der Waals surface area contributed by atoms with Crippen molar-refractivity contribution in [3.8, 4) is 0 Å². The van der Waals surface area contributed by atoms with E-state index in [4.69, 9.17) is 0 Å². The monoisotopic (exact) mass is 246 g/mol. The first-order chi connectivity index (χ1) is 8.54. The summed E-state index contributed by atoms with van der Waals surface area (Å²) < 4.78 is 0. The fourth-order valence-corrected chi connectivity index (χ4v) is 2.31. The highest BCUT2D eigenvalue weighted by Crippen LogP contribution is 2.21. The molecule has 1 aromatic carbocycles. The summed E-state index contributed by atoms with van der Waals surface area (Å²) in [5, 5.41) is 3.30. The molecule has 0 bridgehead atoms. The summed E-state index contributed by atoms with van der Waals surface area (Å²) in [7, 11) is 0. The third-order valence-corrected chi connectivity index (χ3v) is 3.56. The van der Waals surface area contributed by atoms with Gasteiger partial charge in [0.25, 0.3) is 0 Å². The van der Waals surface area contributed by atoms with E-state index in [1.165, 1.54) is 5.56 Å². The predicted octanol–water partition coefficient (Wildman–Crippen LogP) is 2.35. The number of carbonyl (C=O) groups excluding carboxylic acids is 1. The second kappa shape index (κ2) is 5.11. The third-order valence-electron chi connectivity index (χ3n) is 3.56. The average Bonchev–Trinajstić information content (AvgIpc) is 2.50. The lowest BCUT2D eigenvalue weighted by Gasteiger charge is -2.29. The molecule has 1 fully saturated rings. The Bertz CT molecular complexity index is 423. The van der Waals surface area contributed by atoms with E-state index in [9.17, 15) is 4.79 Å². The van der Waals surface area contributed by atoms with Gasteiger partial charge in [-0.2, -0.15) is 0 Å². The van der Waals surface area contributed by atoms with Crippen LogP contribution in [0.25, 0.3) is 0 Å². The van der Waals surface area contributed by atoms with Crippen molar-refractivity contribution in [3.05, 3.63) is 29.8 Å². The number of carbonyl (C=O) groups is 1. The Morgan fingerprint density at radius 2 is 1.94 bits per heavy atom. The molecule has 1 amide bonds. The quantitative estimate of drug-likeness (QED) is 0.868. The van der Waals surface area contributed by atoms with Gasteiger partial charge in [-0.3, -0.25) is 4.79 Å². The molecule has 0 saturated carbocycles. The summed E-state index contributed by atoms with van der Waals surface area (Å²) in [6.07, 6.45) is 2.02. The molecular formula is C15H22N2O. The number of amides is 1. The summed E-state index contributed by atoms with van der Waals surface area (Å²) in [6.45, 7) is 7.73. The molecule has 3 nitrogen and oxygen atoms in total. The summed E-state index contributed by atoms with van der Waals surface area (Å²) in [5.41, 5.74) is 1.84. The van der Waals surface area contributed by atoms with Crippen molar-refractivity contribution in [1.82, 2.24) is 5.32 Å². The van der Waals surface area contributed by atoms with Crippen LogP contribution in [0.1, 0.15) is 32.8 Å². The molecule has 0 atom stereocenters. The first-order valence-corrected chi connectivity index (χ1v) is 6.70. The van der Waals surface area contributed by atoms with E-state index in [1.54, 1.807) is 0 Å². The molecule has 1 N–H and O–H groups in total. The highest BCUT2D eigenvalue weighted by Gasteiger charge is 2.34. The first-order valence-electron chi connectivity index (χ1n) is 6.70. The van der Waals surface area contributed by atoms with E-state index >= 15 is 0 Å². The van der Waals surface area contributed by atoms with Crippen molar-refractivity contribution in [1.29, 1.82) is 0 Å². The standard InChI is InChI=1S/C15H22N2O/c1-4-12-6-8-13(9-7-12)17-11-5-10-16-15(2,3)14(17)18/h6-9,16H,4-5,10-11H2,1-3H3. The highest BCUT2D eigenvalue weighted by molar-refractivity contribution is 5.99. The molecule has 0 radical (unpaired) electrons. The minimum atomic E-state index is -0.472. The molecule has 3 heteroatoms. The Morgan fingerprint density at radius 3 is 2.56 bits per heavy atom. The SMILES string of the molecule is CCc1ccc(N2CCCNC(C)(C)C2=O)cc1. The smallest absolute Gasteiger partial charge is 0.246 e. The lowest BCUT2D eigenvalue weighted by atomic mass is 10.0. The van der Waals surface area contributed by atoms with Crippen molar-refractivity contribution in [2.45, 2.75) is 39.2 Å². The Labute approximate surface area is 109 Å². The van der Waals surface area contributed by atoms with Gasteiger partial charge >= 0.3 is 0 Å². The molecule has 0 spiro atoms. The minimum absolute atomic E-state index is 0.157. The molecule has 1 heterocycles. The van der Waals surface area contributed by atoms with Gasteiger partial charge in [-0.25, -0.2) is 0 Å². The molecule has 0 unspecified atom stereocenters. The molecule has 0 aliphatic carbocycles. The zero-order chi connectivity index (χ0) is 13.2. The van der Waals surface area contributed by atoms with Crippen LogP contribution in [0.2, 0.25) is 0 Å². The van der Waals surface area contributed by atoms with E-state index in [0.29, 0.717) is 0 Å². The largest absolute Gasteiger partial charge is 0.311 e. The van der Waals surface area contributed by atoms with Crippen LogP contribution in [0.5, 0.6) is 0 Å². The number of hydrogen-bond acceptors (Lipinski definition) is 2. The summed E-state index contributed by atoms with van der Waals surface area (Å²) in [4.78, 5) is 14.4. The molecule has 1 aliphatic heterocycles. The predicted molar refractivity (Wildman–Crippen MR) is 74.9 cm³/mol. The van der Waals surface area contributed by atoms with Crippen molar-refractivity contribution < 1.29 is 4.79 Å². The second-order valence-corrected chi connectivity index (χ2v) is 5.38. The zero-order valence-electron chi connectivity index (χ0n) is 11.5. The van der Waals surface area contributed by atoms with E-state index in [-0.39, 0.29) is 5.91 Å². The number of rotatable bonds is 2. The molecular weight excluding hydrogens is 224 g/mol. The van der Waals surface area contributed by atoms with Crippen LogP contribution in [0.15, 0.2) is 24.3 Å². The molecule has 0 aromatic heterocycles. The van der Waals surface area contributed by atoms with Crippen LogP contribution in [0.3, 0.4) is 0 Å². The number of aryl methyl sites for hydroxylation is 1. The Morgan fingerprint density at radius 1 is 1.28 bits per heavy atom. The van der Waals surface area contributed by atoms with Crippen LogP contribution < -0.4 is 10.2 Å². The third kappa shape index (κ3) is 2.56. The van der Waals surface area contributed by atoms with Crippen molar-refractivity contribution in [2.75, 3.05) is 18.0 Å². The van der Waals surface area contributed by atoms with Gasteiger partial charge < -0.3 is 10.2 Å². The normalized spacial score (nSPS) is 19.7. The molecule has 1 aliphatic rings. The maximum Gasteiger partial charge on any atom is 0.246 e. The number of nitrogens with one attached hydrogen (secondary N) is 1. The summed E-state index contributed by atoms with van der Waals surface area (Å²) in [5.74, 6) is 0.157. The van der Waals surface area contributed by atoms with Crippen molar-refractivity contribution >= 4 is 11.6 Å². The van der Waals surface area contributed by atoms with Gasteiger partial charge in [0.2, 0.25) is 5.91 Å². The van der Waals surface area contributed by atoms with E-state index in [1.807, 2.05) is 18.7 Å². The van der Waals surface area contributed by atoms with Gasteiger partial charge in [0, 0.05) is 12.2 Å². The van der Waals surface area contributed by atoms with Crippen LogP contribution >= 0.6 is 0 Å². The second-order valence-electron chi connectivity index (χ2n) is 5.38. The Hall–Kier alpha value is -1.35. The molecule has 98 valence electrons. The number of anilines is 1. The highest BCUT2D eigenvalue weighted by atomic mass is 16.2. The topological polar surface area (TPSA) is 32.3 Å². The van der Waals surface area contributed by atoms with E-state index in [0.717, 1.165) is 31.6 Å². The molecule has 1 aromatic rings. The molecule has 18 heavy (non-hydrogen) atoms. The number of hydrogen-bond donors (Lipinski definition) is 1. The average molecular weight is 246 g/mol. The van der Waals surface area contributed by atoms with Crippen molar-refractivity contribution in [3.63, 3.8) is 0 Å². The van der Waals surface area contributed by atoms with Gasteiger partial charge in [0.15, 0.2) is 0 Å². The van der Waals surface area contributed by atoms with Gasteiger partial charge in [-0.1, -0.05) is 19.1 Å². The van der Waals surface area contributed by atoms with Gasteiger partial charge in [0.05, 0.1) is 5.54 Å². The summed E-state index contributed by atoms with van der Waals surface area (Å²) in [6, 6.07) is 8.32. The van der Waals surface area contributed by atoms with E-state index in [2.05, 4.69) is 36.5 Å². The number of benzene rings is 1. The van der Waals surface area contributed by atoms with Crippen LogP contribution in [-0.4, -0.2) is 24.5 Å². The van der Waals surface area contributed by atoms with Gasteiger partial charge in [-0.05, 0) is 50.9 Å². The number of nitrogens with zero attached hydrogens (tertiary/aromatic N) is 1. The lowest BCUT2D eigenvalue weighted by molar-refractivity contribution is -0.123. The fourth-order valence-electron chi connectivity index (χ4n) is 2.31. The maximum atomic E-state index is 12.5. The Kier molecular flexibility index (Phi) is 3.71. The van der Waals surface area contributed by atoms with Gasteiger partial charge in [-0.15, -0.1) is 0 Å². The maximum absolute atomic E-state index is 12.5.